The maximum absolute atomic E-state index is 12.0. The molecule has 0 amide bonds. The lowest BCUT2D eigenvalue weighted by atomic mass is 10.5. The summed E-state index contributed by atoms with van der Waals surface area (Å²) in [4.78, 5) is 7.83. The minimum Gasteiger partial charge on any atom is -0.263 e. The van der Waals surface area contributed by atoms with Crippen molar-refractivity contribution in [3.8, 4) is 0 Å². The lowest BCUT2D eigenvalue weighted by molar-refractivity contribution is 0.600. The van der Waals surface area contributed by atoms with Gasteiger partial charge in [-0.2, -0.15) is 0 Å². The Hall–Kier alpha value is -0.990. The molecule has 5 nitrogen and oxygen atoms in total. The van der Waals surface area contributed by atoms with Crippen LogP contribution in [0.2, 0.25) is 0 Å². The predicted molar refractivity (Wildman–Crippen MR) is 74.7 cm³/mol. The molecule has 2 heterocycles. The Morgan fingerprint density at radius 3 is 2.44 bits per heavy atom. The molecular formula is C10H7Br2N3O2S. The molecule has 0 saturated heterocycles. The van der Waals surface area contributed by atoms with Crippen LogP contribution in [0.1, 0.15) is 0 Å². The lowest BCUT2D eigenvalue weighted by Gasteiger charge is -2.07. The second-order valence-corrected chi connectivity index (χ2v) is 6.82. The van der Waals surface area contributed by atoms with E-state index in [1.807, 2.05) is 0 Å². The summed E-state index contributed by atoms with van der Waals surface area (Å²) in [5.41, 5.74) is 0. The zero-order chi connectivity index (χ0) is 13.2. The number of sulfonamides is 1. The van der Waals surface area contributed by atoms with Crippen LogP contribution in [0.15, 0.2) is 50.6 Å². The van der Waals surface area contributed by atoms with Gasteiger partial charge in [0.05, 0.1) is 0 Å². The van der Waals surface area contributed by atoms with Crippen molar-refractivity contribution in [2.75, 3.05) is 4.72 Å². The average Bonchev–Trinajstić information content (AvgIpc) is 2.32. The molecule has 0 atom stereocenters. The second-order valence-electron chi connectivity index (χ2n) is 3.31. The molecule has 18 heavy (non-hydrogen) atoms. The minimum atomic E-state index is -3.67. The van der Waals surface area contributed by atoms with Crippen LogP contribution in [0.25, 0.3) is 0 Å². The first kappa shape index (κ1) is 13.4. The van der Waals surface area contributed by atoms with Gasteiger partial charge >= 0.3 is 0 Å². The number of halogens is 2. The number of nitrogens with zero attached hydrogens (tertiary/aromatic N) is 2. The van der Waals surface area contributed by atoms with Gasteiger partial charge in [-0.25, -0.2) is 13.4 Å². The van der Waals surface area contributed by atoms with E-state index < -0.39 is 10.0 Å². The third kappa shape index (κ3) is 3.27. The number of aromatic nitrogens is 2. The molecule has 2 aromatic heterocycles. The van der Waals surface area contributed by atoms with Crippen molar-refractivity contribution in [3.05, 3.63) is 45.7 Å². The molecule has 2 aromatic rings. The smallest absolute Gasteiger partial charge is 0.263 e. The van der Waals surface area contributed by atoms with E-state index in [1.165, 1.54) is 24.7 Å². The van der Waals surface area contributed by atoms with Gasteiger partial charge in [-0.05, 0) is 50.1 Å². The van der Waals surface area contributed by atoms with E-state index in [0.717, 1.165) is 4.47 Å². The predicted octanol–water partition coefficient (Wildman–Crippen LogP) is 2.80. The minimum absolute atomic E-state index is 0.0709. The fourth-order valence-corrected chi connectivity index (χ4v) is 2.92. The number of nitrogens with one attached hydrogen (secondary N) is 1. The molecule has 2 rings (SSSR count). The van der Waals surface area contributed by atoms with Crippen molar-refractivity contribution in [2.45, 2.75) is 4.90 Å². The Morgan fingerprint density at radius 1 is 1.06 bits per heavy atom. The molecule has 0 radical (unpaired) electrons. The number of hydrogen-bond acceptors (Lipinski definition) is 4. The molecule has 0 aliphatic carbocycles. The summed E-state index contributed by atoms with van der Waals surface area (Å²) < 4.78 is 27.8. The van der Waals surface area contributed by atoms with Gasteiger partial charge in [0.2, 0.25) is 0 Å². The summed E-state index contributed by atoms with van der Waals surface area (Å²) in [5, 5.41) is 0. The van der Waals surface area contributed by atoms with Crippen LogP contribution < -0.4 is 4.72 Å². The van der Waals surface area contributed by atoms with Crippen molar-refractivity contribution < 1.29 is 8.42 Å². The van der Waals surface area contributed by atoms with Crippen LogP contribution in [0, 0.1) is 0 Å². The van der Waals surface area contributed by atoms with E-state index in [9.17, 15) is 8.42 Å². The normalized spacial score (nSPS) is 11.2. The molecule has 0 aliphatic heterocycles. The molecule has 0 unspecified atom stereocenters. The largest absolute Gasteiger partial charge is 0.264 e. The van der Waals surface area contributed by atoms with E-state index in [1.54, 1.807) is 12.1 Å². The summed E-state index contributed by atoms with van der Waals surface area (Å²) in [6.45, 7) is 0. The van der Waals surface area contributed by atoms with E-state index in [-0.39, 0.29) is 10.7 Å². The van der Waals surface area contributed by atoms with Crippen LogP contribution in [-0.4, -0.2) is 18.4 Å². The third-order valence-corrected chi connectivity index (χ3v) is 4.18. The number of rotatable bonds is 3. The standard InChI is InChI=1S/C10H7Br2N3O2S/c11-7-1-2-10(14-5-7)15-18(16,17)9-3-8(12)4-13-6-9/h1-6H,(H,14,15). The fraction of sp³-hybridized carbons (Fsp3) is 0. The number of anilines is 1. The highest BCUT2D eigenvalue weighted by Crippen LogP contribution is 2.18. The molecule has 0 aromatic carbocycles. The molecule has 0 aliphatic rings. The van der Waals surface area contributed by atoms with Crippen LogP contribution in [-0.2, 0) is 10.0 Å². The van der Waals surface area contributed by atoms with Gasteiger partial charge in [0, 0.05) is 27.5 Å². The van der Waals surface area contributed by atoms with E-state index in [2.05, 4.69) is 46.5 Å². The summed E-state index contributed by atoms with van der Waals surface area (Å²) >= 11 is 6.40. The highest BCUT2D eigenvalue weighted by atomic mass is 79.9. The van der Waals surface area contributed by atoms with E-state index in [0.29, 0.717) is 4.47 Å². The van der Waals surface area contributed by atoms with Crippen molar-refractivity contribution in [1.29, 1.82) is 0 Å². The second kappa shape index (κ2) is 5.33. The van der Waals surface area contributed by atoms with Crippen molar-refractivity contribution in [1.82, 2.24) is 9.97 Å². The summed E-state index contributed by atoms with van der Waals surface area (Å²) in [6.07, 6.45) is 4.29. The molecule has 0 fully saturated rings. The highest BCUT2D eigenvalue weighted by molar-refractivity contribution is 9.10. The van der Waals surface area contributed by atoms with Gasteiger partial charge in [0.1, 0.15) is 10.7 Å². The number of hydrogen-bond donors (Lipinski definition) is 1. The maximum atomic E-state index is 12.0. The SMILES string of the molecule is O=S(=O)(Nc1ccc(Br)cn1)c1cncc(Br)c1. The maximum Gasteiger partial charge on any atom is 0.264 e. The van der Waals surface area contributed by atoms with Gasteiger partial charge in [0.15, 0.2) is 0 Å². The van der Waals surface area contributed by atoms with Crippen LogP contribution in [0.5, 0.6) is 0 Å². The van der Waals surface area contributed by atoms with Gasteiger partial charge in [0.25, 0.3) is 10.0 Å². The molecule has 94 valence electrons. The molecule has 0 bridgehead atoms. The fourth-order valence-electron chi connectivity index (χ4n) is 1.17. The first-order valence-corrected chi connectivity index (χ1v) is 7.79. The van der Waals surface area contributed by atoms with Gasteiger partial charge in [-0.3, -0.25) is 9.71 Å². The summed E-state index contributed by atoms with van der Waals surface area (Å²) in [7, 11) is -3.67. The Bertz CT molecular complexity index is 659. The third-order valence-electron chi connectivity index (χ3n) is 1.96. The van der Waals surface area contributed by atoms with Crippen molar-refractivity contribution >= 4 is 47.7 Å². The number of pyridine rings is 2. The summed E-state index contributed by atoms with van der Waals surface area (Å²) in [6, 6.07) is 4.73. The molecule has 0 saturated carbocycles. The first-order chi connectivity index (χ1) is 8.47. The average molecular weight is 393 g/mol. The molecule has 1 N–H and O–H groups in total. The molecule has 8 heteroatoms. The van der Waals surface area contributed by atoms with E-state index >= 15 is 0 Å². The zero-order valence-corrected chi connectivity index (χ0v) is 12.8. The highest BCUT2D eigenvalue weighted by Gasteiger charge is 2.15. The van der Waals surface area contributed by atoms with Crippen LogP contribution >= 0.6 is 31.9 Å². The lowest BCUT2D eigenvalue weighted by Crippen LogP contribution is -2.14. The van der Waals surface area contributed by atoms with Crippen LogP contribution in [0.3, 0.4) is 0 Å². The topological polar surface area (TPSA) is 72.0 Å². The zero-order valence-electron chi connectivity index (χ0n) is 8.84. The monoisotopic (exact) mass is 391 g/mol. The van der Waals surface area contributed by atoms with Crippen LogP contribution in [0.4, 0.5) is 5.82 Å². The summed E-state index contributed by atoms with van der Waals surface area (Å²) in [5.74, 6) is 0.248. The van der Waals surface area contributed by atoms with Gasteiger partial charge in [-0.15, -0.1) is 0 Å². The van der Waals surface area contributed by atoms with Crippen molar-refractivity contribution in [3.63, 3.8) is 0 Å². The Balaban J connectivity index is 2.30. The Morgan fingerprint density at radius 2 is 1.83 bits per heavy atom. The Kier molecular flexibility index (Phi) is 3.98. The molecular weight excluding hydrogens is 386 g/mol. The van der Waals surface area contributed by atoms with Gasteiger partial charge < -0.3 is 0 Å². The quantitative estimate of drug-likeness (QED) is 0.871. The first-order valence-electron chi connectivity index (χ1n) is 4.72. The van der Waals surface area contributed by atoms with E-state index in [4.69, 9.17) is 0 Å². The Labute approximate surface area is 121 Å². The molecule has 0 spiro atoms. The van der Waals surface area contributed by atoms with Gasteiger partial charge in [-0.1, -0.05) is 0 Å². The van der Waals surface area contributed by atoms with Crippen molar-refractivity contribution in [2.24, 2.45) is 0 Å².